The highest BCUT2D eigenvalue weighted by atomic mass is 16.6. The second-order valence-corrected chi connectivity index (χ2v) is 10.2. The lowest BCUT2D eigenvalue weighted by atomic mass is 9.78. The normalized spacial score (nSPS) is 15.6. The van der Waals surface area contributed by atoms with Crippen molar-refractivity contribution >= 4 is 18.0 Å². The Labute approximate surface area is 213 Å². The zero-order valence-electron chi connectivity index (χ0n) is 21.7. The molecule has 0 aromatic heterocycles. The van der Waals surface area contributed by atoms with Gasteiger partial charge in [0, 0.05) is 6.42 Å². The molecule has 1 N–H and O–H groups in total. The topological polar surface area (TPSA) is 90.9 Å². The zero-order valence-corrected chi connectivity index (χ0v) is 21.7. The van der Waals surface area contributed by atoms with E-state index in [1.165, 1.54) is 0 Å². The average Bonchev–Trinajstić information content (AvgIpc) is 3.34. The van der Waals surface area contributed by atoms with Gasteiger partial charge in [-0.15, -0.1) is 0 Å². The van der Waals surface area contributed by atoms with Gasteiger partial charge in [0.2, 0.25) is 0 Å². The third kappa shape index (κ3) is 7.33. The first-order valence-electron chi connectivity index (χ1n) is 12.6. The number of amides is 1. The van der Waals surface area contributed by atoms with Crippen LogP contribution in [0.15, 0.2) is 54.6 Å². The molecule has 7 nitrogen and oxygen atoms in total. The van der Waals surface area contributed by atoms with Crippen molar-refractivity contribution < 1.29 is 28.6 Å². The van der Waals surface area contributed by atoms with Gasteiger partial charge in [0.05, 0.1) is 12.0 Å². The van der Waals surface area contributed by atoms with E-state index >= 15 is 0 Å². The van der Waals surface area contributed by atoms with Crippen molar-refractivity contribution in [2.45, 2.75) is 83.5 Å². The largest absolute Gasteiger partial charge is 0.464 e. The molecule has 0 bridgehead atoms. The van der Waals surface area contributed by atoms with Gasteiger partial charge >= 0.3 is 18.0 Å². The molecule has 0 saturated heterocycles. The highest BCUT2D eigenvalue weighted by Gasteiger charge is 2.45. The first kappa shape index (κ1) is 27.2. The summed E-state index contributed by atoms with van der Waals surface area (Å²) < 4.78 is 16.2. The lowest BCUT2D eigenvalue weighted by molar-refractivity contribution is -0.162. The standard InChI is InChI=1S/C29H37NO6/c1-5-34-25(31)24(30-27(33)35-20-22-11-7-6-8-12-22)19-21-13-15-23(16-14-21)29(17-9-10-18-29)26(32)36-28(2,3)4/h6-8,11-16,24H,5,9-10,17-20H2,1-4H3,(H,30,33). The number of benzene rings is 2. The molecule has 3 rings (SSSR count). The summed E-state index contributed by atoms with van der Waals surface area (Å²) in [6, 6.07) is 16.1. The Balaban J connectivity index is 1.70. The maximum Gasteiger partial charge on any atom is 0.408 e. The van der Waals surface area contributed by atoms with Crippen LogP contribution in [0, 0.1) is 0 Å². The Kier molecular flexibility index (Phi) is 9.13. The summed E-state index contributed by atoms with van der Waals surface area (Å²) >= 11 is 0. The summed E-state index contributed by atoms with van der Waals surface area (Å²) in [6.45, 7) is 7.66. The van der Waals surface area contributed by atoms with Crippen molar-refractivity contribution in [1.29, 1.82) is 0 Å². The van der Waals surface area contributed by atoms with Crippen LogP contribution < -0.4 is 5.32 Å². The van der Waals surface area contributed by atoms with Crippen LogP contribution in [0.1, 0.15) is 70.1 Å². The molecule has 36 heavy (non-hydrogen) atoms. The highest BCUT2D eigenvalue weighted by Crippen LogP contribution is 2.43. The Morgan fingerprint density at radius 1 is 0.917 bits per heavy atom. The number of esters is 2. The molecule has 1 atom stereocenters. The predicted molar refractivity (Wildman–Crippen MR) is 136 cm³/mol. The lowest BCUT2D eigenvalue weighted by Crippen LogP contribution is -2.43. The van der Waals surface area contributed by atoms with Crippen LogP contribution in [0.3, 0.4) is 0 Å². The molecule has 0 heterocycles. The minimum atomic E-state index is -0.898. The van der Waals surface area contributed by atoms with Gasteiger partial charge in [-0.25, -0.2) is 9.59 Å². The van der Waals surface area contributed by atoms with E-state index in [2.05, 4.69) is 5.32 Å². The number of carbonyl (C=O) groups is 3. The second-order valence-electron chi connectivity index (χ2n) is 10.2. The van der Waals surface area contributed by atoms with Crippen LogP contribution in [0.25, 0.3) is 0 Å². The molecule has 1 aliphatic carbocycles. The average molecular weight is 496 g/mol. The number of carbonyl (C=O) groups excluding carboxylic acids is 3. The molecule has 1 fully saturated rings. The summed E-state index contributed by atoms with van der Waals surface area (Å²) in [6.07, 6.45) is 2.99. The van der Waals surface area contributed by atoms with Gasteiger partial charge in [-0.3, -0.25) is 4.79 Å². The van der Waals surface area contributed by atoms with Gasteiger partial charge in [0.1, 0.15) is 18.2 Å². The maximum absolute atomic E-state index is 13.1. The van der Waals surface area contributed by atoms with E-state index in [4.69, 9.17) is 14.2 Å². The molecule has 7 heteroatoms. The lowest BCUT2D eigenvalue weighted by Gasteiger charge is -2.31. The fourth-order valence-corrected chi connectivity index (χ4v) is 4.50. The summed E-state index contributed by atoms with van der Waals surface area (Å²) in [5, 5.41) is 2.63. The molecule has 0 radical (unpaired) electrons. The van der Waals surface area contributed by atoms with Gasteiger partial charge in [-0.05, 0) is 57.2 Å². The van der Waals surface area contributed by atoms with Crippen molar-refractivity contribution in [2.24, 2.45) is 0 Å². The van der Waals surface area contributed by atoms with E-state index in [0.717, 1.165) is 42.4 Å². The third-order valence-corrected chi connectivity index (χ3v) is 6.27. The third-order valence-electron chi connectivity index (χ3n) is 6.27. The number of alkyl carbamates (subject to hydrolysis) is 1. The Morgan fingerprint density at radius 3 is 2.14 bits per heavy atom. The van der Waals surface area contributed by atoms with E-state index in [0.29, 0.717) is 0 Å². The fourth-order valence-electron chi connectivity index (χ4n) is 4.50. The zero-order chi connectivity index (χ0) is 26.2. The molecule has 2 aromatic carbocycles. The van der Waals surface area contributed by atoms with E-state index in [1.54, 1.807) is 6.92 Å². The number of hydrogen-bond donors (Lipinski definition) is 1. The Hall–Kier alpha value is -3.35. The quantitative estimate of drug-likeness (QED) is 0.378. The molecule has 2 aromatic rings. The number of rotatable bonds is 9. The van der Waals surface area contributed by atoms with E-state index in [-0.39, 0.29) is 25.6 Å². The van der Waals surface area contributed by atoms with Crippen molar-refractivity contribution in [3.8, 4) is 0 Å². The minimum absolute atomic E-state index is 0.101. The van der Waals surface area contributed by atoms with Crippen LogP contribution >= 0.6 is 0 Å². The molecule has 1 amide bonds. The van der Waals surface area contributed by atoms with Crippen molar-refractivity contribution in [3.05, 3.63) is 71.3 Å². The van der Waals surface area contributed by atoms with Crippen LogP contribution in [-0.2, 0) is 42.2 Å². The van der Waals surface area contributed by atoms with Crippen molar-refractivity contribution in [1.82, 2.24) is 5.32 Å². The van der Waals surface area contributed by atoms with Crippen LogP contribution in [-0.4, -0.2) is 36.3 Å². The van der Waals surface area contributed by atoms with Gasteiger partial charge < -0.3 is 19.5 Å². The Morgan fingerprint density at radius 2 is 1.56 bits per heavy atom. The molecule has 0 aliphatic heterocycles. The molecular weight excluding hydrogens is 458 g/mol. The minimum Gasteiger partial charge on any atom is -0.464 e. The molecule has 0 spiro atoms. The van der Waals surface area contributed by atoms with Gasteiger partial charge in [0.25, 0.3) is 0 Å². The second kappa shape index (κ2) is 12.1. The SMILES string of the molecule is CCOC(=O)C(Cc1ccc(C2(C(=O)OC(C)(C)C)CCCC2)cc1)NC(=O)OCc1ccccc1. The number of ether oxygens (including phenoxy) is 3. The fraction of sp³-hybridized carbons (Fsp3) is 0.483. The summed E-state index contributed by atoms with van der Waals surface area (Å²) in [5.74, 6) is -0.716. The van der Waals surface area contributed by atoms with Crippen LogP contribution in [0.4, 0.5) is 4.79 Å². The van der Waals surface area contributed by atoms with Crippen LogP contribution in [0.2, 0.25) is 0 Å². The van der Waals surface area contributed by atoms with Crippen LogP contribution in [0.5, 0.6) is 0 Å². The first-order chi connectivity index (χ1) is 17.1. The van der Waals surface area contributed by atoms with Gasteiger partial charge in [-0.1, -0.05) is 67.4 Å². The maximum atomic E-state index is 13.1. The molecule has 1 aliphatic rings. The van der Waals surface area contributed by atoms with E-state index in [1.807, 2.05) is 75.4 Å². The molecule has 1 saturated carbocycles. The van der Waals surface area contributed by atoms with E-state index < -0.39 is 29.1 Å². The van der Waals surface area contributed by atoms with Gasteiger partial charge in [0.15, 0.2) is 0 Å². The number of hydrogen-bond acceptors (Lipinski definition) is 6. The van der Waals surface area contributed by atoms with E-state index in [9.17, 15) is 14.4 Å². The monoisotopic (exact) mass is 495 g/mol. The molecule has 1 unspecified atom stereocenters. The highest BCUT2D eigenvalue weighted by molar-refractivity contribution is 5.84. The van der Waals surface area contributed by atoms with Crippen molar-refractivity contribution in [3.63, 3.8) is 0 Å². The van der Waals surface area contributed by atoms with Crippen molar-refractivity contribution in [2.75, 3.05) is 6.61 Å². The first-order valence-corrected chi connectivity index (χ1v) is 12.6. The summed E-state index contributed by atoms with van der Waals surface area (Å²) in [5.41, 5.74) is 1.40. The summed E-state index contributed by atoms with van der Waals surface area (Å²) in [7, 11) is 0. The molecule has 194 valence electrons. The smallest absolute Gasteiger partial charge is 0.408 e. The Bertz CT molecular complexity index is 1020. The predicted octanol–water partition coefficient (Wildman–Crippen LogP) is 5.24. The number of nitrogens with one attached hydrogen (secondary N) is 1. The van der Waals surface area contributed by atoms with Gasteiger partial charge in [-0.2, -0.15) is 0 Å². The molecular formula is C29H37NO6. The summed E-state index contributed by atoms with van der Waals surface area (Å²) in [4.78, 5) is 38.1.